The average Bonchev–Trinajstić information content (AvgIpc) is 3.21. The fraction of sp³-hybridized carbons (Fsp3) is 0.650. The second-order valence-corrected chi connectivity index (χ2v) is 7.57. The van der Waals surface area contributed by atoms with Crippen molar-refractivity contribution >= 4 is 5.91 Å². The first-order valence-electron chi connectivity index (χ1n) is 9.76. The van der Waals surface area contributed by atoms with Gasteiger partial charge >= 0.3 is 0 Å². The Morgan fingerprint density at radius 3 is 2.64 bits per heavy atom. The van der Waals surface area contributed by atoms with Gasteiger partial charge in [0.15, 0.2) is 11.6 Å². The molecule has 0 aromatic heterocycles. The second kappa shape index (κ2) is 9.03. The van der Waals surface area contributed by atoms with E-state index in [1.54, 1.807) is 0 Å². The summed E-state index contributed by atoms with van der Waals surface area (Å²) in [6.45, 7) is 1.16. The SMILES string of the molecule is COc1cc(OCC2CCC(F)(F)CC2)c(F)cc1CNC(=O)C1CCCN1. The van der Waals surface area contributed by atoms with Gasteiger partial charge in [-0.1, -0.05) is 0 Å². The molecule has 1 amide bonds. The summed E-state index contributed by atoms with van der Waals surface area (Å²) in [5.41, 5.74) is 0.510. The Labute approximate surface area is 163 Å². The molecule has 3 rings (SSSR count). The predicted molar refractivity (Wildman–Crippen MR) is 98.2 cm³/mol. The number of nitrogens with one attached hydrogen (secondary N) is 2. The number of benzene rings is 1. The van der Waals surface area contributed by atoms with Gasteiger partial charge in [-0.25, -0.2) is 13.2 Å². The monoisotopic (exact) mass is 400 g/mol. The Morgan fingerprint density at radius 2 is 2.00 bits per heavy atom. The van der Waals surface area contributed by atoms with Crippen molar-refractivity contribution in [1.29, 1.82) is 0 Å². The van der Waals surface area contributed by atoms with Crippen LogP contribution in [0.2, 0.25) is 0 Å². The van der Waals surface area contributed by atoms with Gasteiger partial charge in [0.25, 0.3) is 0 Å². The number of carbonyl (C=O) groups excluding carboxylic acids is 1. The molecule has 0 bridgehead atoms. The fourth-order valence-corrected chi connectivity index (χ4v) is 3.70. The van der Waals surface area contributed by atoms with Crippen LogP contribution in [0.25, 0.3) is 0 Å². The maximum absolute atomic E-state index is 14.4. The normalized spacial score (nSPS) is 22.1. The number of rotatable bonds is 7. The summed E-state index contributed by atoms with van der Waals surface area (Å²) in [6, 6.07) is 2.52. The van der Waals surface area contributed by atoms with Crippen LogP contribution in [0, 0.1) is 11.7 Å². The largest absolute Gasteiger partial charge is 0.496 e. The molecule has 1 saturated carbocycles. The summed E-state index contributed by atoms with van der Waals surface area (Å²) in [6.07, 6.45) is 2.18. The zero-order valence-corrected chi connectivity index (χ0v) is 16.0. The number of ether oxygens (including phenoxy) is 2. The highest BCUT2D eigenvalue weighted by atomic mass is 19.3. The van der Waals surface area contributed by atoms with E-state index in [1.807, 2.05) is 0 Å². The third-order valence-corrected chi connectivity index (χ3v) is 5.48. The van der Waals surface area contributed by atoms with Crippen LogP contribution >= 0.6 is 0 Å². The van der Waals surface area contributed by atoms with E-state index in [9.17, 15) is 18.0 Å². The van der Waals surface area contributed by atoms with Gasteiger partial charge in [0.05, 0.1) is 19.8 Å². The summed E-state index contributed by atoms with van der Waals surface area (Å²) in [5.74, 6) is -2.85. The summed E-state index contributed by atoms with van der Waals surface area (Å²) in [4.78, 5) is 12.1. The minimum atomic E-state index is -2.59. The molecule has 1 atom stereocenters. The Morgan fingerprint density at radius 1 is 1.25 bits per heavy atom. The van der Waals surface area contributed by atoms with Crippen LogP contribution in [-0.4, -0.2) is 38.1 Å². The van der Waals surface area contributed by atoms with E-state index < -0.39 is 11.7 Å². The van der Waals surface area contributed by atoms with Crippen LogP contribution in [-0.2, 0) is 11.3 Å². The lowest BCUT2D eigenvalue weighted by atomic mass is 9.87. The molecule has 1 aromatic rings. The summed E-state index contributed by atoms with van der Waals surface area (Å²) in [5, 5.41) is 5.90. The number of alkyl halides is 2. The van der Waals surface area contributed by atoms with Gasteiger partial charge in [-0.05, 0) is 44.2 Å². The van der Waals surface area contributed by atoms with Crippen LogP contribution in [0.4, 0.5) is 13.2 Å². The fourth-order valence-electron chi connectivity index (χ4n) is 3.70. The zero-order valence-electron chi connectivity index (χ0n) is 16.0. The van der Waals surface area contributed by atoms with E-state index in [-0.39, 0.29) is 49.6 Å². The molecule has 2 aliphatic rings. The highest BCUT2D eigenvalue weighted by molar-refractivity contribution is 5.82. The lowest BCUT2D eigenvalue weighted by Crippen LogP contribution is -2.40. The lowest BCUT2D eigenvalue weighted by Gasteiger charge is -2.28. The lowest BCUT2D eigenvalue weighted by molar-refractivity contribution is -0.122. The average molecular weight is 400 g/mol. The highest BCUT2D eigenvalue weighted by Gasteiger charge is 2.35. The van der Waals surface area contributed by atoms with Crippen molar-refractivity contribution in [3.8, 4) is 11.5 Å². The number of amides is 1. The zero-order chi connectivity index (χ0) is 20.1. The maximum atomic E-state index is 14.4. The Hall–Kier alpha value is -1.96. The molecule has 1 aliphatic heterocycles. The molecule has 1 unspecified atom stereocenters. The standard InChI is InChI=1S/C20H27F3N2O3/c1-27-17-10-18(28-12-13-4-6-20(22,23)7-5-13)15(21)9-14(17)11-25-19(26)16-3-2-8-24-16/h9-10,13,16,24H,2-8,11-12H2,1H3,(H,25,26). The smallest absolute Gasteiger partial charge is 0.248 e. The van der Waals surface area contributed by atoms with Gasteiger partial charge < -0.3 is 20.1 Å². The molecule has 8 heteroatoms. The molecule has 5 nitrogen and oxygen atoms in total. The molecule has 1 aliphatic carbocycles. The molecule has 1 aromatic carbocycles. The number of halogens is 3. The topological polar surface area (TPSA) is 59.6 Å². The number of methoxy groups -OCH3 is 1. The summed E-state index contributed by atoms with van der Waals surface area (Å²) in [7, 11) is 1.46. The predicted octanol–water partition coefficient (Wildman–Crippen LogP) is 3.41. The van der Waals surface area contributed by atoms with E-state index in [2.05, 4.69) is 10.6 Å². The van der Waals surface area contributed by atoms with Crippen LogP contribution in [0.3, 0.4) is 0 Å². The first-order valence-corrected chi connectivity index (χ1v) is 9.76. The van der Waals surface area contributed by atoms with Crippen molar-refractivity contribution in [2.75, 3.05) is 20.3 Å². The molecule has 2 fully saturated rings. The third-order valence-electron chi connectivity index (χ3n) is 5.48. The molecular weight excluding hydrogens is 373 g/mol. The quantitative estimate of drug-likeness (QED) is 0.737. The first-order chi connectivity index (χ1) is 13.4. The van der Waals surface area contributed by atoms with E-state index in [1.165, 1.54) is 19.2 Å². The van der Waals surface area contributed by atoms with E-state index in [0.717, 1.165) is 19.4 Å². The molecule has 0 spiro atoms. The van der Waals surface area contributed by atoms with Crippen molar-refractivity contribution in [1.82, 2.24) is 10.6 Å². The molecule has 0 radical (unpaired) electrons. The van der Waals surface area contributed by atoms with Crippen LogP contribution in [0.5, 0.6) is 11.5 Å². The van der Waals surface area contributed by atoms with Crippen LogP contribution < -0.4 is 20.1 Å². The molecule has 28 heavy (non-hydrogen) atoms. The van der Waals surface area contributed by atoms with Gasteiger partial charge in [-0.3, -0.25) is 4.79 Å². The van der Waals surface area contributed by atoms with Gasteiger partial charge in [-0.15, -0.1) is 0 Å². The van der Waals surface area contributed by atoms with Crippen LogP contribution in [0.15, 0.2) is 12.1 Å². The maximum Gasteiger partial charge on any atom is 0.248 e. The minimum Gasteiger partial charge on any atom is -0.496 e. The van der Waals surface area contributed by atoms with Gasteiger partial charge in [0.1, 0.15) is 5.75 Å². The van der Waals surface area contributed by atoms with E-state index in [0.29, 0.717) is 24.2 Å². The summed E-state index contributed by atoms with van der Waals surface area (Å²) >= 11 is 0. The molecular formula is C20H27F3N2O3. The third kappa shape index (κ3) is 5.31. The van der Waals surface area contributed by atoms with Gasteiger partial charge in [0.2, 0.25) is 11.8 Å². The Bertz CT molecular complexity index is 684. The molecule has 156 valence electrons. The van der Waals surface area contributed by atoms with Gasteiger partial charge in [-0.2, -0.15) is 0 Å². The first kappa shape index (κ1) is 20.8. The van der Waals surface area contributed by atoms with Crippen molar-refractivity contribution in [3.05, 3.63) is 23.5 Å². The molecule has 1 heterocycles. The van der Waals surface area contributed by atoms with Crippen molar-refractivity contribution in [3.63, 3.8) is 0 Å². The van der Waals surface area contributed by atoms with Crippen molar-refractivity contribution in [2.45, 2.75) is 57.0 Å². The van der Waals surface area contributed by atoms with Crippen molar-refractivity contribution < 1.29 is 27.4 Å². The highest BCUT2D eigenvalue weighted by Crippen LogP contribution is 2.37. The Balaban J connectivity index is 1.57. The minimum absolute atomic E-state index is 0.0112. The van der Waals surface area contributed by atoms with Crippen molar-refractivity contribution in [2.24, 2.45) is 5.92 Å². The number of carbonyl (C=O) groups is 1. The second-order valence-electron chi connectivity index (χ2n) is 7.57. The molecule has 2 N–H and O–H groups in total. The number of hydrogen-bond acceptors (Lipinski definition) is 4. The summed E-state index contributed by atoms with van der Waals surface area (Å²) < 4.78 is 51.8. The van der Waals surface area contributed by atoms with Gasteiger partial charge in [0, 0.05) is 31.0 Å². The number of hydrogen-bond donors (Lipinski definition) is 2. The Kier molecular flexibility index (Phi) is 6.69. The molecule has 1 saturated heterocycles. The van der Waals surface area contributed by atoms with Crippen LogP contribution in [0.1, 0.15) is 44.1 Å². The van der Waals surface area contributed by atoms with E-state index in [4.69, 9.17) is 9.47 Å². The van der Waals surface area contributed by atoms with E-state index >= 15 is 0 Å².